The van der Waals surface area contributed by atoms with E-state index in [4.69, 9.17) is 4.74 Å². The molecule has 3 heterocycles. The first-order valence-corrected chi connectivity index (χ1v) is 9.66. The second-order valence-corrected chi connectivity index (χ2v) is 7.37. The number of aromatic nitrogens is 3. The quantitative estimate of drug-likeness (QED) is 0.550. The summed E-state index contributed by atoms with van der Waals surface area (Å²) in [4.78, 5) is 28.0. The number of H-pyrrole nitrogens is 1. The van der Waals surface area contributed by atoms with Crippen molar-refractivity contribution in [2.75, 3.05) is 0 Å². The Bertz CT molecular complexity index is 1370. The summed E-state index contributed by atoms with van der Waals surface area (Å²) in [5.74, 6) is 0.660. The number of rotatable bonds is 4. The average molecular weight is 407 g/mol. The van der Waals surface area contributed by atoms with Gasteiger partial charge < -0.3 is 18.9 Å². The molecule has 0 spiro atoms. The van der Waals surface area contributed by atoms with E-state index in [-0.39, 0.29) is 16.9 Å². The second kappa shape index (κ2) is 7.33. The van der Waals surface area contributed by atoms with Crippen LogP contribution in [0.4, 0.5) is 4.39 Å². The van der Waals surface area contributed by atoms with Crippen LogP contribution in [0.1, 0.15) is 18.1 Å². The molecule has 6 nitrogen and oxygen atoms in total. The van der Waals surface area contributed by atoms with Gasteiger partial charge >= 0.3 is 0 Å². The minimum Gasteiger partial charge on any atom is -0.455 e. The highest BCUT2D eigenvalue weighted by Gasteiger charge is 2.18. The van der Waals surface area contributed by atoms with Crippen LogP contribution in [0.15, 0.2) is 52.4 Å². The van der Waals surface area contributed by atoms with Crippen LogP contribution >= 0.6 is 0 Å². The van der Waals surface area contributed by atoms with E-state index in [1.165, 1.54) is 22.8 Å². The molecule has 3 aromatic heterocycles. The summed E-state index contributed by atoms with van der Waals surface area (Å²) in [6, 6.07) is 6.14. The number of nitrogens with zero attached hydrogens (tertiary/aromatic N) is 2. The van der Waals surface area contributed by atoms with Crippen molar-refractivity contribution >= 4 is 10.9 Å². The second-order valence-electron chi connectivity index (χ2n) is 7.37. The average Bonchev–Trinajstić information content (AvgIpc) is 3.18. The van der Waals surface area contributed by atoms with Crippen molar-refractivity contribution in [3.63, 3.8) is 0 Å². The van der Waals surface area contributed by atoms with Crippen LogP contribution in [0, 0.1) is 19.7 Å². The Morgan fingerprint density at radius 2 is 1.77 bits per heavy atom. The van der Waals surface area contributed by atoms with E-state index in [0.717, 1.165) is 0 Å². The van der Waals surface area contributed by atoms with Crippen molar-refractivity contribution in [2.45, 2.75) is 27.3 Å². The van der Waals surface area contributed by atoms with Gasteiger partial charge in [0.15, 0.2) is 5.75 Å². The third kappa shape index (κ3) is 3.22. The van der Waals surface area contributed by atoms with Crippen LogP contribution in [0.3, 0.4) is 0 Å². The molecule has 0 bridgehead atoms. The van der Waals surface area contributed by atoms with Gasteiger partial charge in [-0.05, 0) is 50.1 Å². The predicted octanol–water partition coefficient (Wildman–Crippen LogP) is 4.26. The van der Waals surface area contributed by atoms with Crippen molar-refractivity contribution < 1.29 is 9.13 Å². The molecular formula is C23H22FN3O3. The zero-order valence-corrected chi connectivity index (χ0v) is 17.2. The van der Waals surface area contributed by atoms with Gasteiger partial charge in [-0.25, -0.2) is 4.39 Å². The molecule has 0 fully saturated rings. The minimum atomic E-state index is -0.330. The van der Waals surface area contributed by atoms with Gasteiger partial charge in [-0.2, -0.15) is 0 Å². The zero-order valence-electron chi connectivity index (χ0n) is 17.2. The van der Waals surface area contributed by atoms with Gasteiger partial charge in [0.1, 0.15) is 17.1 Å². The normalized spacial score (nSPS) is 11.2. The van der Waals surface area contributed by atoms with Crippen LogP contribution in [0.5, 0.6) is 11.5 Å². The molecule has 0 aliphatic carbocycles. The third-order valence-electron chi connectivity index (χ3n) is 5.25. The van der Waals surface area contributed by atoms with Crippen molar-refractivity contribution in [3.8, 4) is 22.6 Å². The summed E-state index contributed by atoms with van der Waals surface area (Å²) in [6.45, 7) is 5.90. The molecule has 0 saturated heterocycles. The lowest BCUT2D eigenvalue weighted by molar-refractivity contribution is 0.466. The summed E-state index contributed by atoms with van der Waals surface area (Å²) in [5, 5.41) is 0.698. The molecule has 0 radical (unpaired) electrons. The number of hydrogen-bond acceptors (Lipinski definition) is 3. The van der Waals surface area contributed by atoms with Crippen molar-refractivity contribution in [1.82, 2.24) is 14.1 Å². The topological polar surface area (TPSA) is 69.0 Å². The Morgan fingerprint density at radius 1 is 1.07 bits per heavy atom. The van der Waals surface area contributed by atoms with Gasteiger partial charge in [0.2, 0.25) is 0 Å². The molecule has 1 N–H and O–H groups in total. The minimum absolute atomic E-state index is 0.159. The zero-order chi connectivity index (χ0) is 21.6. The fraction of sp³-hybridized carbons (Fsp3) is 0.217. The molecule has 0 unspecified atom stereocenters. The van der Waals surface area contributed by atoms with E-state index < -0.39 is 0 Å². The maximum Gasteiger partial charge on any atom is 0.274 e. The van der Waals surface area contributed by atoms with Crippen LogP contribution in [0.2, 0.25) is 0 Å². The van der Waals surface area contributed by atoms with Crippen LogP contribution in [-0.4, -0.2) is 14.1 Å². The van der Waals surface area contributed by atoms with Gasteiger partial charge in [-0.3, -0.25) is 9.59 Å². The highest BCUT2D eigenvalue weighted by atomic mass is 19.1. The van der Waals surface area contributed by atoms with Gasteiger partial charge in [-0.15, -0.1) is 0 Å². The fourth-order valence-electron chi connectivity index (χ4n) is 3.74. The summed E-state index contributed by atoms with van der Waals surface area (Å²) in [5.41, 5.74) is 2.68. The van der Waals surface area contributed by atoms with Gasteiger partial charge in [0.05, 0.1) is 6.20 Å². The predicted molar refractivity (Wildman–Crippen MR) is 115 cm³/mol. The third-order valence-corrected chi connectivity index (χ3v) is 5.25. The number of fused-ring (bicyclic) bond motifs is 1. The van der Waals surface area contributed by atoms with Crippen molar-refractivity contribution in [2.24, 2.45) is 7.05 Å². The molecule has 0 amide bonds. The number of halogens is 1. The highest BCUT2D eigenvalue weighted by molar-refractivity contribution is 5.95. The van der Waals surface area contributed by atoms with Crippen LogP contribution < -0.4 is 15.9 Å². The molecule has 0 saturated carbocycles. The molecule has 0 aliphatic rings. The van der Waals surface area contributed by atoms with Gasteiger partial charge in [0.25, 0.3) is 11.1 Å². The van der Waals surface area contributed by atoms with E-state index in [9.17, 15) is 14.0 Å². The first-order chi connectivity index (χ1) is 14.3. The number of aromatic amines is 1. The monoisotopic (exact) mass is 407 g/mol. The highest BCUT2D eigenvalue weighted by Crippen LogP contribution is 2.37. The molecule has 4 rings (SSSR count). The van der Waals surface area contributed by atoms with Gasteiger partial charge in [-0.1, -0.05) is 0 Å². The number of hydrogen-bond donors (Lipinski definition) is 1. The molecular weight excluding hydrogens is 385 g/mol. The number of ether oxygens (including phenoxy) is 1. The first-order valence-electron chi connectivity index (χ1n) is 9.66. The maximum absolute atomic E-state index is 13.7. The lowest BCUT2D eigenvalue weighted by Crippen LogP contribution is -2.19. The van der Waals surface area contributed by atoms with Crippen LogP contribution in [0.25, 0.3) is 22.0 Å². The van der Waals surface area contributed by atoms with Crippen molar-refractivity contribution in [3.05, 3.63) is 80.5 Å². The molecule has 1 aromatic carbocycles. The summed E-state index contributed by atoms with van der Waals surface area (Å²) < 4.78 is 23.0. The number of aryl methyl sites for hydroxylation is 4. The largest absolute Gasteiger partial charge is 0.455 e. The van der Waals surface area contributed by atoms with E-state index in [1.807, 2.05) is 6.92 Å². The van der Waals surface area contributed by atoms with Crippen LogP contribution in [-0.2, 0) is 13.6 Å². The van der Waals surface area contributed by atoms with E-state index in [0.29, 0.717) is 51.2 Å². The van der Waals surface area contributed by atoms with Gasteiger partial charge in [0, 0.05) is 48.6 Å². The lowest BCUT2D eigenvalue weighted by Gasteiger charge is -2.17. The Hall–Kier alpha value is -3.61. The Morgan fingerprint density at radius 3 is 2.43 bits per heavy atom. The molecule has 0 atom stereocenters. The van der Waals surface area contributed by atoms with E-state index in [1.54, 1.807) is 50.1 Å². The van der Waals surface area contributed by atoms with E-state index in [2.05, 4.69) is 4.98 Å². The Labute approximate surface area is 172 Å². The fourth-order valence-corrected chi connectivity index (χ4v) is 3.74. The van der Waals surface area contributed by atoms with Crippen molar-refractivity contribution in [1.29, 1.82) is 0 Å². The Balaban J connectivity index is 2.00. The number of pyridine rings is 2. The standard InChI is InChI=1S/C23H22FN3O3/c1-5-27-12-19(30-22-13(2)8-15(24)9-14(22)3)17(10-20(27)28)18-11-26(4)23(29)21-16(18)6-7-25-21/h6-12,25H,5H2,1-4H3. The molecule has 0 aliphatic heterocycles. The number of benzene rings is 1. The molecule has 7 heteroatoms. The van der Waals surface area contributed by atoms with E-state index >= 15 is 0 Å². The smallest absolute Gasteiger partial charge is 0.274 e. The SMILES string of the molecule is CCn1cc(Oc2c(C)cc(F)cc2C)c(-c2cn(C)c(=O)c3[nH]ccc23)cc1=O. The molecule has 154 valence electrons. The number of nitrogens with one attached hydrogen (secondary N) is 1. The first kappa shape index (κ1) is 19.7. The maximum atomic E-state index is 13.7. The molecule has 30 heavy (non-hydrogen) atoms. The Kier molecular flexibility index (Phi) is 4.81. The lowest BCUT2D eigenvalue weighted by atomic mass is 10.0. The molecule has 4 aromatic rings. The summed E-state index contributed by atoms with van der Waals surface area (Å²) in [6.07, 6.45) is 5.04. The summed E-state index contributed by atoms with van der Waals surface area (Å²) >= 11 is 0. The summed E-state index contributed by atoms with van der Waals surface area (Å²) in [7, 11) is 1.66.